The lowest BCUT2D eigenvalue weighted by atomic mass is 9.77. The number of aromatic nitrogens is 2. The van der Waals surface area contributed by atoms with Crippen molar-refractivity contribution in [3.63, 3.8) is 0 Å². The second kappa shape index (κ2) is 9.62. The summed E-state index contributed by atoms with van der Waals surface area (Å²) < 4.78 is 7.17. The largest absolute Gasteiger partial charge is 0.465 e. The molecule has 2 N–H and O–H groups in total. The Morgan fingerprint density at radius 1 is 0.906 bits per heavy atom. The third-order valence-corrected chi connectivity index (χ3v) is 5.62. The number of esters is 1. The van der Waals surface area contributed by atoms with Crippen molar-refractivity contribution in [1.29, 1.82) is 0 Å². The summed E-state index contributed by atoms with van der Waals surface area (Å²) in [4.78, 5) is 16.7. The maximum atomic E-state index is 12.0. The van der Waals surface area contributed by atoms with E-state index in [0.29, 0.717) is 13.0 Å². The molecule has 5 heteroatoms. The van der Waals surface area contributed by atoms with Crippen LogP contribution >= 0.6 is 0 Å². The molecule has 1 atom stereocenters. The Morgan fingerprint density at radius 3 is 1.81 bits per heavy atom. The van der Waals surface area contributed by atoms with Crippen molar-refractivity contribution in [3.8, 4) is 0 Å². The zero-order valence-electron chi connectivity index (χ0n) is 18.1. The van der Waals surface area contributed by atoms with E-state index in [2.05, 4.69) is 45.9 Å². The highest BCUT2D eigenvalue weighted by molar-refractivity contribution is 5.75. The highest BCUT2D eigenvalue weighted by atomic mass is 16.5. The Labute approximate surface area is 188 Å². The Bertz CT molecular complexity index is 1040. The summed E-state index contributed by atoms with van der Waals surface area (Å²) in [5.41, 5.74) is 9.48. The standard InChI is InChI=1S/C27H27N3O2/c1-2-32-26(31)25(28)18-24-19-30(20-29-24)27(21-12-6-3-7-13-21,22-14-8-4-9-15-22)23-16-10-5-11-17-23/h3-17,19-20,25H,2,18,28H2,1H3/t25-/m0/s1. The lowest BCUT2D eigenvalue weighted by Gasteiger charge is -2.37. The van der Waals surface area contributed by atoms with Crippen molar-refractivity contribution < 1.29 is 9.53 Å². The number of ether oxygens (including phenoxy) is 1. The molecular weight excluding hydrogens is 398 g/mol. The lowest BCUT2D eigenvalue weighted by Crippen LogP contribution is -2.37. The zero-order valence-corrected chi connectivity index (χ0v) is 18.1. The zero-order chi connectivity index (χ0) is 22.4. The van der Waals surface area contributed by atoms with Gasteiger partial charge >= 0.3 is 5.97 Å². The van der Waals surface area contributed by atoms with Crippen LogP contribution < -0.4 is 5.73 Å². The van der Waals surface area contributed by atoms with Crippen molar-refractivity contribution >= 4 is 5.97 Å². The Morgan fingerprint density at radius 2 is 1.38 bits per heavy atom. The summed E-state index contributed by atoms with van der Waals surface area (Å²) in [6.45, 7) is 2.08. The summed E-state index contributed by atoms with van der Waals surface area (Å²) in [6, 6.07) is 30.3. The maximum absolute atomic E-state index is 12.0. The van der Waals surface area contributed by atoms with Crippen LogP contribution in [-0.4, -0.2) is 28.2 Å². The number of carbonyl (C=O) groups is 1. The summed E-state index contributed by atoms with van der Waals surface area (Å²) in [7, 11) is 0. The third-order valence-electron chi connectivity index (χ3n) is 5.62. The van der Waals surface area contributed by atoms with Crippen molar-refractivity contribution in [2.75, 3.05) is 6.61 Å². The molecule has 0 radical (unpaired) electrons. The summed E-state index contributed by atoms with van der Waals surface area (Å²) in [5, 5.41) is 0. The second-order valence-corrected chi connectivity index (χ2v) is 7.64. The van der Waals surface area contributed by atoms with E-state index in [1.165, 1.54) is 0 Å². The fraction of sp³-hybridized carbons (Fsp3) is 0.185. The van der Waals surface area contributed by atoms with Crippen LogP contribution in [0.2, 0.25) is 0 Å². The first kappa shape index (κ1) is 21.5. The van der Waals surface area contributed by atoms with Crippen LogP contribution in [0, 0.1) is 0 Å². The van der Waals surface area contributed by atoms with Gasteiger partial charge in [-0.1, -0.05) is 91.0 Å². The van der Waals surface area contributed by atoms with E-state index in [-0.39, 0.29) is 0 Å². The van der Waals surface area contributed by atoms with Gasteiger partial charge in [0.1, 0.15) is 11.6 Å². The molecule has 1 aromatic heterocycles. The van der Waals surface area contributed by atoms with Crippen LogP contribution in [0.4, 0.5) is 0 Å². The molecule has 0 saturated heterocycles. The average Bonchev–Trinajstić information content (AvgIpc) is 3.30. The first-order chi connectivity index (χ1) is 15.7. The van der Waals surface area contributed by atoms with E-state index in [0.717, 1.165) is 22.4 Å². The molecule has 1 heterocycles. The fourth-order valence-electron chi connectivity index (χ4n) is 4.20. The Kier molecular flexibility index (Phi) is 6.47. The molecule has 0 saturated carbocycles. The number of hydrogen-bond acceptors (Lipinski definition) is 4. The van der Waals surface area contributed by atoms with Crippen LogP contribution in [0.1, 0.15) is 29.3 Å². The van der Waals surface area contributed by atoms with E-state index in [1.54, 1.807) is 6.92 Å². The van der Waals surface area contributed by atoms with Crippen molar-refractivity contribution in [3.05, 3.63) is 126 Å². The minimum Gasteiger partial charge on any atom is -0.465 e. The molecule has 5 nitrogen and oxygen atoms in total. The molecule has 0 aliphatic rings. The topological polar surface area (TPSA) is 70.1 Å². The van der Waals surface area contributed by atoms with Gasteiger partial charge in [-0.05, 0) is 23.6 Å². The minimum absolute atomic E-state index is 0.306. The highest BCUT2D eigenvalue weighted by Crippen LogP contribution is 2.40. The molecule has 0 fully saturated rings. The van der Waals surface area contributed by atoms with Crippen LogP contribution in [-0.2, 0) is 21.5 Å². The molecule has 0 aliphatic carbocycles. The van der Waals surface area contributed by atoms with Gasteiger partial charge in [0.25, 0.3) is 0 Å². The first-order valence-corrected chi connectivity index (χ1v) is 10.8. The SMILES string of the molecule is CCOC(=O)[C@@H](N)Cc1cn(C(c2ccccc2)(c2ccccc2)c2ccccc2)cn1. The predicted molar refractivity (Wildman–Crippen MR) is 125 cm³/mol. The number of nitrogens with zero attached hydrogens (tertiary/aromatic N) is 2. The van der Waals surface area contributed by atoms with E-state index < -0.39 is 17.6 Å². The smallest absolute Gasteiger partial charge is 0.323 e. The molecule has 4 aromatic rings. The van der Waals surface area contributed by atoms with Gasteiger partial charge < -0.3 is 15.0 Å². The van der Waals surface area contributed by atoms with Gasteiger partial charge in [0.2, 0.25) is 0 Å². The van der Waals surface area contributed by atoms with Crippen LogP contribution in [0.15, 0.2) is 104 Å². The van der Waals surface area contributed by atoms with Crippen molar-refractivity contribution in [1.82, 2.24) is 9.55 Å². The van der Waals surface area contributed by atoms with Gasteiger partial charge in [-0.25, -0.2) is 4.98 Å². The molecule has 4 rings (SSSR count). The molecule has 0 aliphatic heterocycles. The number of hydrogen-bond donors (Lipinski definition) is 1. The molecule has 0 amide bonds. The van der Waals surface area contributed by atoms with Crippen molar-refractivity contribution in [2.45, 2.75) is 24.9 Å². The quantitative estimate of drug-likeness (QED) is 0.340. The number of carbonyl (C=O) groups excluding carboxylic acids is 1. The van der Waals surface area contributed by atoms with Gasteiger partial charge in [-0.2, -0.15) is 0 Å². The van der Waals surface area contributed by atoms with E-state index in [9.17, 15) is 4.79 Å². The highest BCUT2D eigenvalue weighted by Gasteiger charge is 2.38. The van der Waals surface area contributed by atoms with Gasteiger partial charge in [0.15, 0.2) is 0 Å². The number of rotatable bonds is 8. The first-order valence-electron chi connectivity index (χ1n) is 10.8. The molecule has 0 unspecified atom stereocenters. The normalized spacial score (nSPS) is 12.3. The second-order valence-electron chi connectivity index (χ2n) is 7.64. The van der Waals surface area contributed by atoms with Gasteiger partial charge in [-0.3, -0.25) is 4.79 Å². The van der Waals surface area contributed by atoms with Crippen LogP contribution in [0.3, 0.4) is 0 Å². The monoisotopic (exact) mass is 425 g/mol. The summed E-state index contributed by atoms with van der Waals surface area (Å²) >= 11 is 0. The van der Waals surface area contributed by atoms with Crippen LogP contribution in [0.25, 0.3) is 0 Å². The molecule has 0 bridgehead atoms. The number of nitrogens with two attached hydrogens (primary N) is 1. The van der Waals surface area contributed by atoms with Crippen LogP contribution in [0.5, 0.6) is 0 Å². The lowest BCUT2D eigenvalue weighted by molar-refractivity contribution is -0.144. The number of benzene rings is 3. The molecule has 0 spiro atoms. The summed E-state index contributed by atoms with van der Waals surface area (Å²) in [6.07, 6.45) is 4.10. The summed E-state index contributed by atoms with van der Waals surface area (Å²) in [5.74, 6) is -0.414. The predicted octanol–water partition coefficient (Wildman–Crippen LogP) is 4.16. The van der Waals surface area contributed by atoms with E-state index >= 15 is 0 Å². The molecule has 162 valence electrons. The third kappa shape index (κ3) is 4.07. The van der Waals surface area contributed by atoms with Gasteiger partial charge in [-0.15, -0.1) is 0 Å². The number of imidazole rings is 1. The van der Waals surface area contributed by atoms with E-state index in [4.69, 9.17) is 10.5 Å². The Balaban J connectivity index is 1.88. The Hall–Kier alpha value is -3.70. The molecular formula is C27H27N3O2. The minimum atomic E-state index is -0.752. The van der Waals surface area contributed by atoms with Gasteiger partial charge in [0, 0.05) is 12.6 Å². The fourth-order valence-corrected chi connectivity index (χ4v) is 4.20. The van der Waals surface area contributed by atoms with Crippen molar-refractivity contribution in [2.24, 2.45) is 5.73 Å². The van der Waals surface area contributed by atoms with Gasteiger partial charge in [0.05, 0.1) is 18.6 Å². The maximum Gasteiger partial charge on any atom is 0.323 e. The average molecular weight is 426 g/mol. The molecule has 3 aromatic carbocycles. The molecule has 32 heavy (non-hydrogen) atoms. The van der Waals surface area contributed by atoms with E-state index in [1.807, 2.05) is 67.1 Å².